The van der Waals surface area contributed by atoms with Crippen LogP contribution < -0.4 is 5.32 Å². The van der Waals surface area contributed by atoms with Crippen LogP contribution in [0.25, 0.3) is 0 Å². The van der Waals surface area contributed by atoms with E-state index >= 15 is 0 Å². The molecule has 1 aromatic carbocycles. The molecule has 4 heteroatoms. The molecule has 1 heterocycles. The molecule has 0 aliphatic rings. The van der Waals surface area contributed by atoms with Gasteiger partial charge >= 0.3 is 0 Å². The van der Waals surface area contributed by atoms with Gasteiger partial charge in [-0.25, -0.2) is 0 Å². The number of rotatable bonds is 5. The molecular formula is C15H15NO2S. The molecule has 2 rings (SSSR count). The van der Waals surface area contributed by atoms with Gasteiger partial charge in [-0.05, 0) is 18.4 Å². The molecule has 0 spiro atoms. The highest BCUT2D eigenvalue weighted by Gasteiger charge is 2.14. The average Bonchev–Trinajstić information content (AvgIpc) is 2.93. The largest absolute Gasteiger partial charge is 0.349 e. The quantitative estimate of drug-likeness (QED) is 0.851. The van der Waals surface area contributed by atoms with Crippen molar-refractivity contribution in [2.45, 2.75) is 19.4 Å². The monoisotopic (exact) mass is 273 g/mol. The second-order valence-corrected chi connectivity index (χ2v) is 5.16. The second kappa shape index (κ2) is 6.29. The van der Waals surface area contributed by atoms with Gasteiger partial charge in [0.2, 0.25) is 0 Å². The SMILES string of the molecule is C[C@H](CC(=O)c1ccccc1)NC(=O)c1ccsc1. The molecule has 0 radical (unpaired) electrons. The van der Waals surface area contributed by atoms with Crippen LogP contribution >= 0.6 is 11.3 Å². The lowest BCUT2D eigenvalue weighted by atomic mass is 10.0. The van der Waals surface area contributed by atoms with Gasteiger partial charge in [-0.1, -0.05) is 30.3 Å². The maximum atomic E-state index is 12.0. The summed E-state index contributed by atoms with van der Waals surface area (Å²) in [4.78, 5) is 23.8. The van der Waals surface area contributed by atoms with E-state index < -0.39 is 0 Å². The zero-order valence-electron chi connectivity index (χ0n) is 10.6. The zero-order chi connectivity index (χ0) is 13.7. The van der Waals surface area contributed by atoms with Crippen LogP contribution in [0.15, 0.2) is 47.2 Å². The minimum Gasteiger partial charge on any atom is -0.349 e. The van der Waals surface area contributed by atoms with E-state index in [0.717, 1.165) is 0 Å². The standard InChI is InChI=1S/C15H15NO2S/c1-11(16-15(18)13-7-8-19-10-13)9-14(17)12-5-3-2-4-6-12/h2-8,10-11H,9H2,1H3,(H,16,18)/t11-/m1/s1. The number of carbonyl (C=O) groups excluding carboxylic acids is 2. The summed E-state index contributed by atoms with van der Waals surface area (Å²) in [5, 5.41) is 6.48. The van der Waals surface area contributed by atoms with Gasteiger partial charge in [0.1, 0.15) is 0 Å². The molecule has 3 nitrogen and oxygen atoms in total. The van der Waals surface area contributed by atoms with Crippen LogP contribution in [0.1, 0.15) is 34.1 Å². The Labute approximate surface area is 116 Å². The number of thiophene rings is 1. The smallest absolute Gasteiger partial charge is 0.252 e. The molecule has 1 aromatic heterocycles. The topological polar surface area (TPSA) is 46.2 Å². The number of amides is 1. The summed E-state index contributed by atoms with van der Waals surface area (Å²) in [5.74, 6) is -0.0895. The number of nitrogens with one attached hydrogen (secondary N) is 1. The van der Waals surface area contributed by atoms with Gasteiger partial charge < -0.3 is 5.32 Å². The van der Waals surface area contributed by atoms with Crippen molar-refractivity contribution >= 4 is 23.0 Å². The van der Waals surface area contributed by atoms with Gasteiger partial charge in [0.25, 0.3) is 5.91 Å². The Kier molecular flexibility index (Phi) is 4.47. The molecule has 1 amide bonds. The molecule has 98 valence electrons. The maximum absolute atomic E-state index is 12.0. The first-order chi connectivity index (χ1) is 9.16. The van der Waals surface area contributed by atoms with Gasteiger partial charge in [-0.15, -0.1) is 0 Å². The molecule has 0 bridgehead atoms. The van der Waals surface area contributed by atoms with Crippen molar-refractivity contribution in [2.24, 2.45) is 0 Å². The minimum atomic E-state index is -0.180. The van der Waals surface area contributed by atoms with Crippen molar-refractivity contribution < 1.29 is 9.59 Å². The van der Waals surface area contributed by atoms with Gasteiger partial charge in [0.15, 0.2) is 5.78 Å². The van der Waals surface area contributed by atoms with E-state index in [2.05, 4.69) is 5.32 Å². The summed E-state index contributed by atoms with van der Waals surface area (Å²) in [6.07, 6.45) is 0.305. The third-order valence-electron chi connectivity index (χ3n) is 2.75. The molecule has 0 unspecified atom stereocenters. The number of ketones is 1. The molecule has 0 aliphatic carbocycles. The fraction of sp³-hybridized carbons (Fsp3) is 0.200. The molecule has 2 aromatic rings. The molecule has 0 aliphatic heterocycles. The first-order valence-electron chi connectivity index (χ1n) is 6.08. The fourth-order valence-electron chi connectivity index (χ4n) is 1.77. The Morgan fingerprint density at radius 2 is 1.89 bits per heavy atom. The first kappa shape index (κ1) is 13.5. The zero-order valence-corrected chi connectivity index (χ0v) is 11.4. The molecule has 0 saturated heterocycles. The Balaban J connectivity index is 1.90. The van der Waals surface area contributed by atoms with Crippen molar-refractivity contribution in [1.82, 2.24) is 5.32 Å². The van der Waals surface area contributed by atoms with Crippen LogP contribution in [0.4, 0.5) is 0 Å². The lowest BCUT2D eigenvalue weighted by molar-refractivity contribution is 0.0918. The predicted molar refractivity (Wildman–Crippen MR) is 76.6 cm³/mol. The van der Waals surface area contributed by atoms with Crippen LogP contribution in [-0.4, -0.2) is 17.7 Å². The summed E-state index contributed by atoms with van der Waals surface area (Å²) < 4.78 is 0. The van der Waals surface area contributed by atoms with Gasteiger partial charge in [0.05, 0.1) is 0 Å². The molecule has 1 N–H and O–H groups in total. The van der Waals surface area contributed by atoms with Crippen LogP contribution in [0.3, 0.4) is 0 Å². The third-order valence-corrected chi connectivity index (χ3v) is 3.43. The van der Waals surface area contributed by atoms with Crippen molar-refractivity contribution in [1.29, 1.82) is 0 Å². The van der Waals surface area contributed by atoms with E-state index in [1.165, 1.54) is 11.3 Å². The summed E-state index contributed by atoms with van der Waals surface area (Å²) in [6, 6.07) is 10.7. The van der Waals surface area contributed by atoms with Crippen LogP contribution in [-0.2, 0) is 0 Å². The van der Waals surface area contributed by atoms with Crippen LogP contribution in [0, 0.1) is 0 Å². The lowest BCUT2D eigenvalue weighted by Gasteiger charge is -2.12. The van der Waals surface area contributed by atoms with E-state index in [1.54, 1.807) is 23.6 Å². The lowest BCUT2D eigenvalue weighted by Crippen LogP contribution is -2.34. The molecule has 0 fully saturated rings. The predicted octanol–water partition coefficient (Wildman–Crippen LogP) is 3.14. The van der Waals surface area contributed by atoms with Crippen LogP contribution in [0.2, 0.25) is 0 Å². The summed E-state index contributed by atoms with van der Waals surface area (Å²) in [5.41, 5.74) is 1.32. The van der Waals surface area contributed by atoms with Crippen molar-refractivity contribution in [3.63, 3.8) is 0 Å². The molecular weight excluding hydrogens is 258 g/mol. The Morgan fingerprint density at radius 3 is 2.53 bits per heavy atom. The summed E-state index contributed by atoms with van der Waals surface area (Å²) >= 11 is 1.48. The van der Waals surface area contributed by atoms with Gasteiger partial charge in [0, 0.05) is 29.0 Å². The van der Waals surface area contributed by atoms with E-state index in [4.69, 9.17) is 0 Å². The molecule has 19 heavy (non-hydrogen) atoms. The summed E-state index contributed by atoms with van der Waals surface area (Å²) in [6.45, 7) is 1.84. The molecule has 1 atom stereocenters. The fourth-order valence-corrected chi connectivity index (χ4v) is 2.41. The van der Waals surface area contributed by atoms with Crippen molar-refractivity contribution in [2.75, 3.05) is 0 Å². The van der Waals surface area contributed by atoms with E-state index in [0.29, 0.717) is 17.5 Å². The van der Waals surface area contributed by atoms with Gasteiger partial charge in [-0.2, -0.15) is 11.3 Å². The Hall–Kier alpha value is -1.94. The number of carbonyl (C=O) groups is 2. The van der Waals surface area contributed by atoms with E-state index in [1.807, 2.05) is 30.5 Å². The highest BCUT2D eigenvalue weighted by molar-refractivity contribution is 7.08. The first-order valence-corrected chi connectivity index (χ1v) is 7.02. The number of hydrogen-bond acceptors (Lipinski definition) is 3. The normalized spacial score (nSPS) is 11.8. The number of benzene rings is 1. The van der Waals surface area contributed by atoms with Crippen molar-refractivity contribution in [3.8, 4) is 0 Å². The Morgan fingerprint density at radius 1 is 1.16 bits per heavy atom. The highest BCUT2D eigenvalue weighted by atomic mass is 32.1. The average molecular weight is 273 g/mol. The van der Waals surface area contributed by atoms with Gasteiger partial charge in [-0.3, -0.25) is 9.59 Å². The second-order valence-electron chi connectivity index (χ2n) is 4.38. The molecule has 0 saturated carbocycles. The highest BCUT2D eigenvalue weighted by Crippen LogP contribution is 2.08. The van der Waals surface area contributed by atoms with E-state index in [-0.39, 0.29) is 17.7 Å². The van der Waals surface area contributed by atoms with E-state index in [9.17, 15) is 9.59 Å². The minimum absolute atomic E-state index is 0.0405. The maximum Gasteiger partial charge on any atom is 0.252 e. The number of hydrogen-bond donors (Lipinski definition) is 1. The van der Waals surface area contributed by atoms with Crippen molar-refractivity contribution in [3.05, 3.63) is 58.3 Å². The van der Waals surface area contributed by atoms with Crippen LogP contribution in [0.5, 0.6) is 0 Å². The number of Topliss-reactive ketones (excluding diaryl/α,β-unsaturated/α-hetero) is 1. The third kappa shape index (κ3) is 3.76. The summed E-state index contributed by atoms with van der Waals surface area (Å²) in [7, 11) is 0. The Bertz CT molecular complexity index is 549.